The maximum absolute atomic E-state index is 14.1. The summed E-state index contributed by atoms with van der Waals surface area (Å²) in [5.41, 5.74) is 3.88. The molecule has 0 N–H and O–H groups in total. The van der Waals surface area contributed by atoms with Gasteiger partial charge in [-0.1, -0.05) is 90.1 Å². The lowest BCUT2D eigenvalue weighted by Gasteiger charge is -2.35. The summed E-state index contributed by atoms with van der Waals surface area (Å²) in [6, 6.07) is 15.6. The van der Waals surface area contributed by atoms with Gasteiger partial charge in [0.25, 0.3) is 0 Å². The van der Waals surface area contributed by atoms with Gasteiger partial charge in [0.05, 0.1) is 6.04 Å². The van der Waals surface area contributed by atoms with Gasteiger partial charge in [-0.05, 0) is 73.0 Å². The van der Waals surface area contributed by atoms with E-state index in [1.807, 2.05) is 62.1 Å². The largest absolute Gasteiger partial charge is 0.332 e. The predicted octanol–water partition coefficient (Wildman–Crippen LogP) is 7.78. The lowest BCUT2D eigenvalue weighted by Crippen LogP contribution is -2.49. The summed E-state index contributed by atoms with van der Waals surface area (Å²) in [6.07, 6.45) is 4.08. The lowest BCUT2D eigenvalue weighted by atomic mass is 9.79. The van der Waals surface area contributed by atoms with Crippen molar-refractivity contribution in [2.75, 3.05) is 6.54 Å². The summed E-state index contributed by atoms with van der Waals surface area (Å²) in [5.74, 6) is -0.281. The molecule has 1 aliphatic heterocycles. The molecule has 2 aromatic carbocycles. The summed E-state index contributed by atoms with van der Waals surface area (Å²) in [7, 11) is 0. The third-order valence-corrected chi connectivity index (χ3v) is 8.78. The summed E-state index contributed by atoms with van der Waals surface area (Å²) >= 11 is 0. The highest BCUT2D eigenvalue weighted by Gasteiger charge is 2.47. The Hall–Kier alpha value is -2.75. The first-order valence-electron chi connectivity index (χ1n) is 14.7. The van der Waals surface area contributed by atoms with Crippen LogP contribution in [0.3, 0.4) is 0 Å². The zero-order valence-corrected chi connectivity index (χ0v) is 25.5. The van der Waals surface area contributed by atoms with Crippen LogP contribution < -0.4 is 0 Å². The Morgan fingerprint density at radius 1 is 1.00 bits per heavy atom. The van der Waals surface area contributed by atoms with Gasteiger partial charge in [0.15, 0.2) is 11.6 Å². The second-order valence-electron chi connectivity index (χ2n) is 13.7. The van der Waals surface area contributed by atoms with E-state index >= 15 is 0 Å². The molecule has 4 heteroatoms. The molecule has 1 fully saturated rings. The fourth-order valence-electron chi connectivity index (χ4n) is 6.08. The standard InChI is InChI=1S/C35H49NO3/c1-24-14-12-17-29(25(24)2)31(38)23-28(22-27-15-10-9-11-16-27)26(3)33(39)36-21-20-35(7,8)32(36)30(37)18-13-19-34(4,5)6/h9-12,14-17,26,28,32H,13,18-23H2,1-8H3. The van der Waals surface area contributed by atoms with Gasteiger partial charge in [-0.3, -0.25) is 14.4 Å². The van der Waals surface area contributed by atoms with Gasteiger partial charge in [-0.2, -0.15) is 0 Å². The zero-order valence-electron chi connectivity index (χ0n) is 25.5. The number of carbonyl (C=O) groups is 3. The molecule has 39 heavy (non-hydrogen) atoms. The minimum atomic E-state index is -0.403. The number of nitrogens with zero attached hydrogens (tertiary/aromatic N) is 1. The van der Waals surface area contributed by atoms with Gasteiger partial charge in [0.2, 0.25) is 5.91 Å². The smallest absolute Gasteiger partial charge is 0.226 e. The van der Waals surface area contributed by atoms with Crippen LogP contribution >= 0.6 is 0 Å². The summed E-state index contributed by atoms with van der Waals surface area (Å²) < 4.78 is 0. The predicted molar refractivity (Wildman–Crippen MR) is 160 cm³/mol. The van der Waals surface area contributed by atoms with Crippen LogP contribution in [0.2, 0.25) is 0 Å². The van der Waals surface area contributed by atoms with Gasteiger partial charge in [0.1, 0.15) is 0 Å². The number of carbonyl (C=O) groups excluding carboxylic acids is 3. The molecular formula is C35H49NO3. The van der Waals surface area contributed by atoms with E-state index in [9.17, 15) is 14.4 Å². The van der Waals surface area contributed by atoms with Crippen molar-refractivity contribution < 1.29 is 14.4 Å². The Bertz CT molecular complexity index is 1160. The van der Waals surface area contributed by atoms with Crippen molar-refractivity contribution in [3.63, 3.8) is 0 Å². The van der Waals surface area contributed by atoms with Crippen LogP contribution in [0.25, 0.3) is 0 Å². The molecule has 0 radical (unpaired) electrons. The van der Waals surface area contributed by atoms with Crippen molar-refractivity contribution in [1.82, 2.24) is 4.90 Å². The van der Waals surface area contributed by atoms with E-state index < -0.39 is 6.04 Å². The van der Waals surface area contributed by atoms with Crippen molar-refractivity contribution in [3.05, 3.63) is 70.8 Å². The molecule has 2 aromatic rings. The number of aryl methyl sites for hydroxylation is 1. The molecule has 3 atom stereocenters. The molecule has 3 rings (SSSR count). The van der Waals surface area contributed by atoms with Gasteiger partial charge >= 0.3 is 0 Å². The third kappa shape index (κ3) is 7.90. The molecule has 1 aliphatic rings. The van der Waals surface area contributed by atoms with Crippen LogP contribution in [0.1, 0.15) is 101 Å². The number of ketones is 2. The van der Waals surface area contributed by atoms with Gasteiger partial charge in [-0.15, -0.1) is 0 Å². The van der Waals surface area contributed by atoms with Crippen LogP contribution in [-0.4, -0.2) is 35.0 Å². The minimum Gasteiger partial charge on any atom is -0.332 e. The Kier molecular flexibility index (Phi) is 9.96. The first kappa shape index (κ1) is 30.8. The topological polar surface area (TPSA) is 54.5 Å². The van der Waals surface area contributed by atoms with E-state index in [1.165, 1.54) is 0 Å². The second kappa shape index (κ2) is 12.6. The number of hydrogen-bond acceptors (Lipinski definition) is 3. The molecule has 212 valence electrons. The molecule has 4 nitrogen and oxygen atoms in total. The molecule has 0 saturated carbocycles. The van der Waals surface area contributed by atoms with Crippen molar-refractivity contribution in [1.29, 1.82) is 0 Å². The molecule has 0 spiro atoms. The fraction of sp³-hybridized carbons (Fsp3) is 0.571. The molecule has 1 amide bonds. The van der Waals surface area contributed by atoms with Crippen LogP contribution in [0.15, 0.2) is 48.5 Å². The maximum Gasteiger partial charge on any atom is 0.226 e. The highest BCUT2D eigenvalue weighted by Crippen LogP contribution is 2.39. The monoisotopic (exact) mass is 531 g/mol. The highest BCUT2D eigenvalue weighted by atomic mass is 16.2. The van der Waals surface area contributed by atoms with Gasteiger partial charge in [0, 0.05) is 30.9 Å². The Morgan fingerprint density at radius 3 is 2.31 bits per heavy atom. The van der Waals surface area contributed by atoms with Crippen LogP contribution in [0, 0.1) is 36.5 Å². The molecule has 1 heterocycles. The number of amides is 1. The maximum atomic E-state index is 14.1. The Balaban J connectivity index is 1.84. The first-order valence-corrected chi connectivity index (χ1v) is 14.7. The first-order chi connectivity index (χ1) is 18.2. The minimum absolute atomic E-state index is 0.00411. The van der Waals surface area contributed by atoms with E-state index in [2.05, 4.69) is 46.8 Å². The molecule has 0 aromatic heterocycles. The summed E-state index contributed by atoms with van der Waals surface area (Å²) in [4.78, 5) is 43.1. The fourth-order valence-corrected chi connectivity index (χ4v) is 6.08. The number of Topliss-reactive ketones (excluding diaryl/α,β-unsaturated/α-hetero) is 2. The van der Waals surface area contributed by atoms with E-state index in [4.69, 9.17) is 0 Å². The quantitative estimate of drug-likeness (QED) is 0.278. The highest BCUT2D eigenvalue weighted by molar-refractivity contribution is 5.98. The second-order valence-corrected chi connectivity index (χ2v) is 13.7. The van der Waals surface area contributed by atoms with Crippen LogP contribution in [-0.2, 0) is 16.0 Å². The molecule has 0 bridgehead atoms. The van der Waals surface area contributed by atoms with Crippen molar-refractivity contribution in [2.24, 2.45) is 22.7 Å². The van der Waals surface area contributed by atoms with Crippen molar-refractivity contribution in [3.8, 4) is 0 Å². The average molecular weight is 532 g/mol. The molecule has 3 unspecified atom stereocenters. The molecule has 1 saturated heterocycles. The normalized spacial score (nSPS) is 18.6. The van der Waals surface area contributed by atoms with Gasteiger partial charge < -0.3 is 4.90 Å². The van der Waals surface area contributed by atoms with E-state index in [0.717, 1.165) is 41.5 Å². The average Bonchev–Trinajstić information content (AvgIpc) is 3.19. The Labute approximate surface area is 236 Å². The lowest BCUT2D eigenvalue weighted by molar-refractivity contribution is -0.143. The summed E-state index contributed by atoms with van der Waals surface area (Å²) in [6.45, 7) is 17.4. The number of benzene rings is 2. The molecule has 0 aliphatic carbocycles. The number of hydrogen-bond donors (Lipinski definition) is 0. The third-order valence-electron chi connectivity index (χ3n) is 8.78. The van der Waals surface area contributed by atoms with E-state index in [-0.39, 0.29) is 40.1 Å². The number of likely N-dealkylation sites (tertiary alicyclic amines) is 1. The van der Waals surface area contributed by atoms with E-state index in [0.29, 0.717) is 25.8 Å². The van der Waals surface area contributed by atoms with Crippen molar-refractivity contribution in [2.45, 2.75) is 100.0 Å². The van der Waals surface area contributed by atoms with Crippen LogP contribution in [0.5, 0.6) is 0 Å². The molecular weight excluding hydrogens is 482 g/mol. The zero-order chi connectivity index (χ0) is 29.0. The van der Waals surface area contributed by atoms with E-state index in [1.54, 1.807) is 0 Å². The Morgan fingerprint density at radius 2 is 1.67 bits per heavy atom. The summed E-state index contributed by atoms with van der Waals surface area (Å²) in [5, 5.41) is 0. The van der Waals surface area contributed by atoms with Crippen LogP contribution in [0.4, 0.5) is 0 Å². The number of rotatable bonds is 11. The van der Waals surface area contributed by atoms with Gasteiger partial charge in [-0.25, -0.2) is 0 Å². The van der Waals surface area contributed by atoms with Crippen molar-refractivity contribution >= 4 is 17.5 Å². The SMILES string of the molecule is Cc1cccc(C(=O)CC(Cc2ccccc2)C(C)C(=O)N2CCC(C)(C)C2C(=O)CCCC(C)(C)C)c1C.